The van der Waals surface area contributed by atoms with Crippen LogP contribution in [0.15, 0.2) is 48.5 Å². The number of rotatable bonds is 4. The van der Waals surface area contributed by atoms with Gasteiger partial charge in [-0.15, -0.1) is 0 Å². The van der Waals surface area contributed by atoms with Crippen molar-refractivity contribution >= 4 is 11.5 Å². The molecule has 0 aromatic heterocycles. The zero-order chi connectivity index (χ0) is 15.4. The van der Waals surface area contributed by atoms with Crippen molar-refractivity contribution < 1.29 is 14.3 Å². The number of ether oxygens (including phenoxy) is 2. The van der Waals surface area contributed by atoms with Gasteiger partial charge in [-0.05, 0) is 18.2 Å². The molecule has 4 heteroatoms. The van der Waals surface area contributed by atoms with Crippen molar-refractivity contribution in [3.63, 3.8) is 0 Å². The maximum absolute atomic E-state index is 12.6. The molecule has 0 amide bonds. The molecule has 0 spiro atoms. The van der Waals surface area contributed by atoms with Gasteiger partial charge in [0.2, 0.25) is 0 Å². The largest absolute Gasteiger partial charge is 0.495 e. The number of hydrogen-bond donors (Lipinski definition) is 0. The zero-order valence-corrected chi connectivity index (χ0v) is 12.6. The van der Waals surface area contributed by atoms with Crippen molar-refractivity contribution in [1.82, 2.24) is 0 Å². The minimum atomic E-state index is 0.0257. The van der Waals surface area contributed by atoms with E-state index in [-0.39, 0.29) is 5.78 Å². The molecule has 0 unspecified atom stereocenters. The minimum absolute atomic E-state index is 0.0257. The second-order valence-corrected chi connectivity index (χ2v) is 5.18. The summed E-state index contributed by atoms with van der Waals surface area (Å²) in [5, 5.41) is 0. The number of anilines is 1. The highest BCUT2D eigenvalue weighted by molar-refractivity contribution is 6.09. The Kier molecular flexibility index (Phi) is 4.39. The molecule has 114 valence electrons. The van der Waals surface area contributed by atoms with E-state index in [0.29, 0.717) is 24.3 Å². The number of morpholine rings is 1. The fourth-order valence-electron chi connectivity index (χ4n) is 2.64. The van der Waals surface area contributed by atoms with E-state index in [1.54, 1.807) is 7.11 Å². The normalized spacial score (nSPS) is 14.7. The van der Waals surface area contributed by atoms with E-state index in [4.69, 9.17) is 9.47 Å². The maximum atomic E-state index is 12.6. The minimum Gasteiger partial charge on any atom is -0.495 e. The summed E-state index contributed by atoms with van der Waals surface area (Å²) >= 11 is 0. The van der Waals surface area contributed by atoms with E-state index in [0.717, 1.165) is 24.5 Å². The molecule has 1 fully saturated rings. The first kappa shape index (κ1) is 14.6. The Morgan fingerprint density at radius 2 is 1.77 bits per heavy atom. The Hall–Kier alpha value is -2.33. The lowest BCUT2D eigenvalue weighted by atomic mass is 10.0. The first-order chi connectivity index (χ1) is 10.8. The Bertz CT molecular complexity index is 649. The molecule has 1 aliphatic rings. The topological polar surface area (TPSA) is 38.8 Å². The van der Waals surface area contributed by atoms with E-state index in [9.17, 15) is 4.79 Å². The second kappa shape index (κ2) is 6.62. The molecule has 1 saturated heterocycles. The Morgan fingerprint density at radius 1 is 1.05 bits per heavy atom. The van der Waals surface area contributed by atoms with Crippen molar-refractivity contribution in [3.8, 4) is 5.75 Å². The lowest BCUT2D eigenvalue weighted by Gasteiger charge is -2.30. The number of carbonyl (C=O) groups is 1. The predicted octanol–water partition coefficient (Wildman–Crippen LogP) is 2.76. The summed E-state index contributed by atoms with van der Waals surface area (Å²) in [5.74, 6) is 0.810. The quantitative estimate of drug-likeness (QED) is 0.814. The first-order valence-electron chi connectivity index (χ1n) is 7.40. The number of ketones is 1. The summed E-state index contributed by atoms with van der Waals surface area (Å²) in [7, 11) is 1.65. The van der Waals surface area contributed by atoms with Gasteiger partial charge in [-0.25, -0.2) is 0 Å². The van der Waals surface area contributed by atoms with Crippen molar-refractivity contribution in [3.05, 3.63) is 59.7 Å². The van der Waals surface area contributed by atoms with E-state index < -0.39 is 0 Å². The molecule has 4 nitrogen and oxygen atoms in total. The average molecular weight is 297 g/mol. The summed E-state index contributed by atoms with van der Waals surface area (Å²) in [6.07, 6.45) is 0. The maximum Gasteiger partial charge on any atom is 0.193 e. The highest BCUT2D eigenvalue weighted by Gasteiger charge is 2.18. The van der Waals surface area contributed by atoms with Gasteiger partial charge in [-0.1, -0.05) is 30.3 Å². The molecule has 0 bridgehead atoms. The molecule has 1 aliphatic heterocycles. The first-order valence-corrected chi connectivity index (χ1v) is 7.40. The van der Waals surface area contributed by atoms with E-state index >= 15 is 0 Å². The molecular formula is C18H19NO3. The fourth-order valence-corrected chi connectivity index (χ4v) is 2.64. The molecule has 22 heavy (non-hydrogen) atoms. The average Bonchev–Trinajstić information content (AvgIpc) is 2.62. The second-order valence-electron chi connectivity index (χ2n) is 5.18. The highest BCUT2D eigenvalue weighted by Crippen LogP contribution is 2.30. The fraction of sp³-hybridized carbons (Fsp3) is 0.278. The third kappa shape index (κ3) is 2.97. The van der Waals surface area contributed by atoms with E-state index in [2.05, 4.69) is 4.90 Å². The summed E-state index contributed by atoms with van der Waals surface area (Å²) in [4.78, 5) is 14.8. The summed E-state index contributed by atoms with van der Waals surface area (Å²) in [5.41, 5.74) is 2.32. The molecular weight excluding hydrogens is 278 g/mol. The van der Waals surface area contributed by atoms with Crippen LogP contribution in [0.3, 0.4) is 0 Å². The summed E-state index contributed by atoms with van der Waals surface area (Å²) in [6, 6.07) is 14.9. The lowest BCUT2D eigenvalue weighted by Crippen LogP contribution is -2.36. The zero-order valence-electron chi connectivity index (χ0n) is 12.6. The Morgan fingerprint density at radius 3 is 2.45 bits per heavy atom. The summed E-state index contributed by atoms with van der Waals surface area (Å²) < 4.78 is 10.8. The van der Waals surface area contributed by atoms with Gasteiger partial charge < -0.3 is 14.4 Å². The Labute approximate surface area is 130 Å². The van der Waals surface area contributed by atoms with Crippen molar-refractivity contribution in [1.29, 1.82) is 0 Å². The van der Waals surface area contributed by atoms with Crippen LogP contribution >= 0.6 is 0 Å². The molecule has 0 N–H and O–H groups in total. The van der Waals surface area contributed by atoms with Crippen molar-refractivity contribution in [2.45, 2.75) is 0 Å². The van der Waals surface area contributed by atoms with Crippen LogP contribution in [0.25, 0.3) is 0 Å². The van der Waals surface area contributed by atoms with Crippen molar-refractivity contribution in [2.24, 2.45) is 0 Å². The van der Waals surface area contributed by atoms with Crippen LogP contribution in [0.5, 0.6) is 5.75 Å². The lowest BCUT2D eigenvalue weighted by molar-refractivity contribution is 0.103. The summed E-state index contributed by atoms with van der Waals surface area (Å²) in [6.45, 7) is 3.00. The van der Waals surface area contributed by atoms with Gasteiger partial charge in [0.1, 0.15) is 5.75 Å². The van der Waals surface area contributed by atoms with Gasteiger partial charge in [-0.2, -0.15) is 0 Å². The molecule has 2 aromatic carbocycles. The number of benzene rings is 2. The van der Waals surface area contributed by atoms with Gasteiger partial charge in [-0.3, -0.25) is 4.79 Å². The van der Waals surface area contributed by atoms with Crippen LogP contribution in [0.2, 0.25) is 0 Å². The van der Waals surface area contributed by atoms with Crippen LogP contribution in [-0.2, 0) is 4.74 Å². The number of nitrogens with zero attached hydrogens (tertiary/aromatic N) is 1. The third-order valence-corrected chi connectivity index (χ3v) is 3.83. The van der Waals surface area contributed by atoms with Gasteiger partial charge in [0, 0.05) is 24.2 Å². The van der Waals surface area contributed by atoms with Crippen LogP contribution in [-0.4, -0.2) is 39.2 Å². The van der Waals surface area contributed by atoms with Gasteiger partial charge >= 0.3 is 0 Å². The number of carbonyl (C=O) groups excluding carboxylic acids is 1. The molecule has 0 aliphatic carbocycles. The van der Waals surface area contributed by atoms with E-state index in [1.807, 2.05) is 48.5 Å². The molecule has 0 atom stereocenters. The van der Waals surface area contributed by atoms with Gasteiger partial charge in [0.05, 0.1) is 26.0 Å². The van der Waals surface area contributed by atoms with Gasteiger partial charge in [0.25, 0.3) is 0 Å². The number of hydrogen-bond acceptors (Lipinski definition) is 4. The van der Waals surface area contributed by atoms with Crippen LogP contribution in [0, 0.1) is 0 Å². The predicted molar refractivity (Wildman–Crippen MR) is 85.9 cm³/mol. The number of methoxy groups -OCH3 is 1. The molecule has 1 heterocycles. The highest BCUT2D eigenvalue weighted by atomic mass is 16.5. The smallest absolute Gasteiger partial charge is 0.193 e. The van der Waals surface area contributed by atoms with Crippen LogP contribution in [0.4, 0.5) is 5.69 Å². The van der Waals surface area contributed by atoms with Gasteiger partial charge in [0.15, 0.2) is 5.78 Å². The van der Waals surface area contributed by atoms with E-state index in [1.165, 1.54) is 0 Å². The van der Waals surface area contributed by atoms with Crippen molar-refractivity contribution in [2.75, 3.05) is 38.3 Å². The molecule has 2 aromatic rings. The molecule has 0 saturated carbocycles. The molecule has 0 radical (unpaired) electrons. The Balaban J connectivity index is 1.94. The third-order valence-electron chi connectivity index (χ3n) is 3.83. The van der Waals surface area contributed by atoms with Crippen LogP contribution < -0.4 is 9.64 Å². The SMILES string of the molecule is COc1ccc(C(=O)c2ccccc2)cc1N1CCOCC1. The standard InChI is InChI=1S/C18H19NO3/c1-21-17-8-7-15(18(20)14-5-3-2-4-6-14)13-16(17)19-9-11-22-12-10-19/h2-8,13H,9-12H2,1H3. The molecule has 3 rings (SSSR count). The van der Waals surface area contributed by atoms with Crippen LogP contribution in [0.1, 0.15) is 15.9 Å². The monoisotopic (exact) mass is 297 g/mol.